The molecule has 1 rings (SSSR count). The van der Waals surface area contributed by atoms with Crippen LogP contribution < -0.4 is 0 Å². The van der Waals surface area contributed by atoms with E-state index in [1.165, 1.54) is 13.0 Å². The van der Waals surface area contributed by atoms with Gasteiger partial charge in [-0.1, -0.05) is 6.08 Å². The van der Waals surface area contributed by atoms with Crippen molar-refractivity contribution in [2.75, 3.05) is 0 Å². The summed E-state index contributed by atoms with van der Waals surface area (Å²) in [6, 6.07) is 0. The van der Waals surface area contributed by atoms with Crippen LogP contribution in [0.4, 0.5) is 0 Å². The molecule has 2 heteroatoms. The summed E-state index contributed by atoms with van der Waals surface area (Å²) in [5.41, 5.74) is -1.10. The maximum Gasteiger partial charge on any atom is 0.186 e. The molecule has 8 heavy (non-hydrogen) atoms. The van der Waals surface area contributed by atoms with E-state index in [0.717, 1.165) is 0 Å². The number of aliphatic hydroxyl groups is 1. The molecule has 0 spiro atoms. The molecule has 0 aromatic carbocycles. The Hall–Kier alpha value is -0.630. The zero-order valence-corrected chi connectivity index (χ0v) is 4.72. The summed E-state index contributed by atoms with van der Waals surface area (Å²) in [6.45, 7) is 1.52. The lowest BCUT2D eigenvalue weighted by Crippen LogP contribution is -2.28. The van der Waals surface area contributed by atoms with Crippen molar-refractivity contribution in [1.29, 1.82) is 0 Å². The molecule has 1 atom stereocenters. The van der Waals surface area contributed by atoms with Crippen molar-refractivity contribution in [3.63, 3.8) is 0 Å². The van der Waals surface area contributed by atoms with E-state index in [-0.39, 0.29) is 5.78 Å². The van der Waals surface area contributed by atoms with E-state index in [1.54, 1.807) is 6.08 Å². The van der Waals surface area contributed by atoms with Crippen molar-refractivity contribution in [3.05, 3.63) is 12.2 Å². The molecular weight excluding hydrogens is 104 g/mol. The van der Waals surface area contributed by atoms with E-state index in [2.05, 4.69) is 0 Å². The minimum absolute atomic E-state index is 0.183. The van der Waals surface area contributed by atoms with Crippen LogP contribution in [0, 0.1) is 0 Å². The van der Waals surface area contributed by atoms with Gasteiger partial charge in [0, 0.05) is 6.42 Å². The second-order valence-electron chi connectivity index (χ2n) is 2.24. The van der Waals surface area contributed by atoms with Crippen LogP contribution in [0.3, 0.4) is 0 Å². The van der Waals surface area contributed by atoms with Gasteiger partial charge in [-0.2, -0.15) is 0 Å². The molecule has 1 aliphatic rings. The average Bonchev–Trinajstić information content (AvgIpc) is 1.86. The second-order valence-corrected chi connectivity index (χ2v) is 2.24. The molecule has 0 heterocycles. The molecule has 1 aliphatic carbocycles. The van der Waals surface area contributed by atoms with Gasteiger partial charge >= 0.3 is 0 Å². The zero-order chi connectivity index (χ0) is 6.20. The van der Waals surface area contributed by atoms with Gasteiger partial charge in [0.2, 0.25) is 0 Å². The third-order valence-electron chi connectivity index (χ3n) is 1.32. The van der Waals surface area contributed by atoms with Crippen molar-refractivity contribution in [3.8, 4) is 0 Å². The monoisotopic (exact) mass is 112 g/mol. The summed E-state index contributed by atoms with van der Waals surface area (Å²) in [4.78, 5) is 10.6. The first-order valence-electron chi connectivity index (χ1n) is 2.56. The highest BCUT2D eigenvalue weighted by atomic mass is 16.3. The Bertz CT molecular complexity index is 145. The Kier molecular flexibility index (Phi) is 0.978. The number of ketones is 1. The lowest BCUT2D eigenvalue weighted by Gasteiger charge is -2.11. The summed E-state index contributed by atoms with van der Waals surface area (Å²) < 4.78 is 0. The maximum atomic E-state index is 10.6. The van der Waals surface area contributed by atoms with Gasteiger partial charge in [0.15, 0.2) is 5.78 Å². The normalized spacial score (nSPS) is 36.5. The molecule has 0 radical (unpaired) electrons. The highest BCUT2D eigenvalue weighted by molar-refractivity contribution is 5.98. The summed E-state index contributed by atoms with van der Waals surface area (Å²) in [7, 11) is 0. The predicted octanol–water partition coefficient (Wildman–Crippen LogP) is 0.266. The Morgan fingerprint density at radius 2 is 2.50 bits per heavy atom. The molecule has 1 unspecified atom stereocenters. The zero-order valence-electron chi connectivity index (χ0n) is 4.72. The van der Waals surface area contributed by atoms with Crippen LogP contribution in [0.5, 0.6) is 0 Å². The first-order valence-corrected chi connectivity index (χ1v) is 2.56. The molecule has 0 aromatic heterocycles. The summed E-state index contributed by atoms with van der Waals surface area (Å²) in [6.07, 6.45) is 3.56. The lowest BCUT2D eigenvalue weighted by atomic mass is 10.0. The number of rotatable bonds is 0. The molecule has 0 amide bonds. The van der Waals surface area contributed by atoms with Crippen LogP contribution in [-0.4, -0.2) is 16.5 Å². The van der Waals surface area contributed by atoms with Gasteiger partial charge in [-0.3, -0.25) is 4.79 Å². The Morgan fingerprint density at radius 3 is 2.62 bits per heavy atom. The minimum Gasteiger partial charge on any atom is -0.382 e. The fourth-order valence-electron chi connectivity index (χ4n) is 0.676. The first kappa shape index (κ1) is 5.51. The predicted molar refractivity (Wildman–Crippen MR) is 29.4 cm³/mol. The van der Waals surface area contributed by atoms with E-state index in [9.17, 15) is 4.79 Å². The lowest BCUT2D eigenvalue weighted by molar-refractivity contribution is -0.128. The fraction of sp³-hybridized carbons (Fsp3) is 0.500. The SMILES string of the molecule is CC1(O)CC=CC1=O. The van der Waals surface area contributed by atoms with Gasteiger partial charge in [0.1, 0.15) is 5.60 Å². The van der Waals surface area contributed by atoms with E-state index >= 15 is 0 Å². The summed E-state index contributed by atoms with van der Waals surface area (Å²) >= 11 is 0. The van der Waals surface area contributed by atoms with Gasteiger partial charge < -0.3 is 5.11 Å². The first-order chi connectivity index (χ1) is 3.63. The molecular formula is C6H8O2. The Morgan fingerprint density at radius 1 is 1.88 bits per heavy atom. The Balaban J connectivity index is 2.79. The molecule has 0 saturated heterocycles. The number of carbonyl (C=O) groups is 1. The third-order valence-corrected chi connectivity index (χ3v) is 1.32. The van der Waals surface area contributed by atoms with Crippen molar-refractivity contribution in [2.45, 2.75) is 18.9 Å². The average molecular weight is 112 g/mol. The largest absolute Gasteiger partial charge is 0.382 e. The van der Waals surface area contributed by atoms with Crippen molar-refractivity contribution in [1.82, 2.24) is 0 Å². The van der Waals surface area contributed by atoms with Crippen molar-refractivity contribution >= 4 is 5.78 Å². The highest BCUT2D eigenvalue weighted by Crippen LogP contribution is 2.17. The number of hydrogen-bond donors (Lipinski definition) is 1. The van der Waals surface area contributed by atoms with Crippen LogP contribution >= 0.6 is 0 Å². The fourth-order valence-corrected chi connectivity index (χ4v) is 0.676. The molecule has 2 nitrogen and oxygen atoms in total. The molecule has 0 saturated carbocycles. The summed E-state index contributed by atoms with van der Waals surface area (Å²) in [5, 5.41) is 9.05. The van der Waals surface area contributed by atoms with E-state index in [4.69, 9.17) is 5.11 Å². The van der Waals surface area contributed by atoms with E-state index in [0.29, 0.717) is 6.42 Å². The smallest absolute Gasteiger partial charge is 0.186 e. The molecule has 44 valence electrons. The molecule has 1 N–H and O–H groups in total. The second kappa shape index (κ2) is 1.42. The van der Waals surface area contributed by atoms with Gasteiger partial charge in [-0.05, 0) is 13.0 Å². The van der Waals surface area contributed by atoms with Crippen molar-refractivity contribution < 1.29 is 9.90 Å². The quantitative estimate of drug-likeness (QED) is 0.488. The number of hydrogen-bond acceptors (Lipinski definition) is 2. The molecule has 0 fully saturated rings. The van der Waals surface area contributed by atoms with Crippen molar-refractivity contribution in [2.24, 2.45) is 0 Å². The Labute approximate surface area is 47.8 Å². The van der Waals surface area contributed by atoms with E-state index in [1.807, 2.05) is 0 Å². The highest BCUT2D eigenvalue weighted by Gasteiger charge is 2.30. The van der Waals surface area contributed by atoms with Crippen LogP contribution in [-0.2, 0) is 4.79 Å². The van der Waals surface area contributed by atoms with Gasteiger partial charge in [0.05, 0.1) is 0 Å². The molecule has 0 aromatic rings. The van der Waals surface area contributed by atoms with Crippen LogP contribution in [0.25, 0.3) is 0 Å². The number of carbonyl (C=O) groups excluding carboxylic acids is 1. The third kappa shape index (κ3) is 0.670. The van der Waals surface area contributed by atoms with Gasteiger partial charge in [0.25, 0.3) is 0 Å². The van der Waals surface area contributed by atoms with Crippen LogP contribution in [0.2, 0.25) is 0 Å². The van der Waals surface area contributed by atoms with E-state index < -0.39 is 5.60 Å². The van der Waals surface area contributed by atoms with Crippen LogP contribution in [0.1, 0.15) is 13.3 Å². The summed E-state index contributed by atoms with van der Waals surface area (Å²) in [5.74, 6) is -0.183. The standard InChI is InChI=1S/C6H8O2/c1-6(8)4-2-3-5(6)7/h2-3,8H,4H2,1H3. The van der Waals surface area contributed by atoms with Gasteiger partial charge in [-0.25, -0.2) is 0 Å². The van der Waals surface area contributed by atoms with Gasteiger partial charge in [-0.15, -0.1) is 0 Å². The maximum absolute atomic E-state index is 10.6. The minimum atomic E-state index is -1.10. The molecule has 0 aliphatic heterocycles. The van der Waals surface area contributed by atoms with Crippen LogP contribution in [0.15, 0.2) is 12.2 Å². The molecule has 0 bridgehead atoms. The topological polar surface area (TPSA) is 37.3 Å².